The Bertz CT molecular complexity index is 1430. The maximum absolute atomic E-state index is 14.5. The summed E-state index contributed by atoms with van der Waals surface area (Å²) >= 11 is 0. The van der Waals surface area contributed by atoms with Crippen LogP contribution in [-0.4, -0.2) is 60.2 Å². The number of carbonyl (C=O) groups is 1. The number of alkyl halides is 3. The largest absolute Gasteiger partial charge is 0.493 e. The minimum atomic E-state index is -5.27. The number of benzene rings is 2. The smallest absolute Gasteiger partial charge is 0.424 e. The summed E-state index contributed by atoms with van der Waals surface area (Å²) in [5, 5.41) is 25.7. The zero-order valence-corrected chi connectivity index (χ0v) is 22.5. The van der Waals surface area contributed by atoms with Gasteiger partial charge in [0, 0.05) is 23.2 Å². The Morgan fingerprint density at radius 1 is 1.20 bits per heavy atom. The van der Waals surface area contributed by atoms with Crippen molar-refractivity contribution >= 4 is 11.6 Å². The number of nitrogens with two attached hydrogens (primary N) is 1. The molecule has 0 aliphatic carbocycles. The molecule has 1 amide bonds. The molecule has 1 aromatic heterocycles. The number of nitrogens with zero attached hydrogens (tertiary/aromatic N) is 1. The van der Waals surface area contributed by atoms with Gasteiger partial charge in [-0.25, -0.2) is 9.37 Å². The number of aliphatic hydroxyl groups is 2. The van der Waals surface area contributed by atoms with Gasteiger partial charge in [-0.2, -0.15) is 13.2 Å². The van der Waals surface area contributed by atoms with Gasteiger partial charge in [-0.3, -0.25) is 4.79 Å². The summed E-state index contributed by atoms with van der Waals surface area (Å²) in [5.41, 5.74) is 1.74. The first kappa shape index (κ1) is 30.0. The standard InChI is InChI=1S/C28H30F4N4O5/c1-15(37)12-41-20-9-6-17(10-21(20)40-3)25(38)35-14-27(39,28(30,31)32)22-11-19-24(34-13-26(19,2)33)23(36-22)16-4-7-18(29)8-5-16/h4-11,15,34,37,39H,12-14,33H2,1-3H3,(H,35,38)/t15-,26-,27-/m1/s1. The van der Waals surface area contributed by atoms with Crippen LogP contribution in [0.3, 0.4) is 0 Å². The number of pyridine rings is 1. The van der Waals surface area contributed by atoms with Gasteiger partial charge >= 0.3 is 6.18 Å². The molecule has 0 saturated carbocycles. The fraction of sp³-hybridized carbons (Fsp3) is 0.357. The number of halogens is 4. The highest BCUT2D eigenvalue weighted by Gasteiger charge is 2.57. The topological polar surface area (TPSA) is 139 Å². The van der Waals surface area contributed by atoms with E-state index in [1.54, 1.807) is 6.92 Å². The number of anilines is 1. The molecule has 6 N–H and O–H groups in total. The van der Waals surface area contributed by atoms with Gasteiger partial charge in [0.1, 0.15) is 12.4 Å². The molecule has 41 heavy (non-hydrogen) atoms. The third kappa shape index (κ3) is 6.06. The molecular weight excluding hydrogens is 548 g/mol. The second kappa shape index (κ2) is 11.1. The van der Waals surface area contributed by atoms with Crippen LogP contribution in [0.2, 0.25) is 0 Å². The molecule has 9 nitrogen and oxygen atoms in total. The van der Waals surface area contributed by atoms with E-state index in [2.05, 4.69) is 15.6 Å². The first-order valence-electron chi connectivity index (χ1n) is 12.6. The van der Waals surface area contributed by atoms with Gasteiger partial charge in [0.2, 0.25) is 5.60 Å². The summed E-state index contributed by atoms with van der Waals surface area (Å²) in [6, 6.07) is 9.98. The highest BCUT2D eigenvalue weighted by Crippen LogP contribution is 2.45. The third-order valence-electron chi connectivity index (χ3n) is 6.69. The Labute approximate surface area is 233 Å². The summed E-state index contributed by atoms with van der Waals surface area (Å²) < 4.78 is 67.7. The van der Waals surface area contributed by atoms with Crippen LogP contribution in [0.25, 0.3) is 11.3 Å². The first-order valence-corrected chi connectivity index (χ1v) is 12.6. The maximum atomic E-state index is 14.5. The molecule has 1 aliphatic heterocycles. The van der Waals surface area contributed by atoms with Crippen LogP contribution in [0.1, 0.15) is 35.5 Å². The lowest BCUT2D eigenvalue weighted by Gasteiger charge is -2.31. The summed E-state index contributed by atoms with van der Waals surface area (Å²) in [6.07, 6.45) is -6.04. The molecule has 3 aromatic rings. The number of aliphatic hydroxyl groups excluding tert-OH is 1. The summed E-state index contributed by atoms with van der Waals surface area (Å²) in [7, 11) is 1.31. The lowest BCUT2D eigenvalue weighted by atomic mass is 9.89. The van der Waals surface area contributed by atoms with Gasteiger partial charge in [-0.05, 0) is 62.4 Å². The molecule has 2 aromatic carbocycles. The second-order valence-corrected chi connectivity index (χ2v) is 10.1. The number of amides is 1. The lowest BCUT2D eigenvalue weighted by molar-refractivity contribution is -0.265. The Kier molecular flexibility index (Phi) is 8.16. The maximum Gasteiger partial charge on any atom is 0.424 e. The predicted octanol–water partition coefficient (Wildman–Crippen LogP) is 3.44. The number of rotatable bonds is 9. The number of fused-ring (bicyclic) bond motifs is 1. The van der Waals surface area contributed by atoms with E-state index in [1.165, 1.54) is 44.4 Å². The molecule has 0 bridgehead atoms. The molecule has 3 atom stereocenters. The highest BCUT2D eigenvalue weighted by atomic mass is 19.4. The number of aromatic nitrogens is 1. The van der Waals surface area contributed by atoms with Gasteiger partial charge in [-0.15, -0.1) is 0 Å². The molecular formula is C28H30F4N4O5. The molecule has 13 heteroatoms. The molecule has 0 unspecified atom stereocenters. The van der Waals surface area contributed by atoms with Crippen molar-refractivity contribution in [1.29, 1.82) is 0 Å². The monoisotopic (exact) mass is 578 g/mol. The number of methoxy groups -OCH3 is 1. The number of hydrogen-bond donors (Lipinski definition) is 5. The van der Waals surface area contributed by atoms with Crippen LogP contribution >= 0.6 is 0 Å². The fourth-order valence-electron chi connectivity index (χ4n) is 4.35. The number of carbonyl (C=O) groups excluding carboxylic acids is 1. The Morgan fingerprint density at radius 3 is 2.49 bits per heavy atom. The van der Waals surface area contributed by atoms with Crippen LogP contribution in [0.4, 0.5) is 23.2 Å². The Hall–Kier alpha value is -3.94. The van der Waals surface area contributed by atoms with Crippen molar-refractivity contribution in [2.45, 2.75) is 37.3 Å². The van der Waals surface area contributed by atoms with Crippen LogP contribution in [0.5, 0.6) is 11.5 Å². The van der Waals surface area contributed by atoms with E-state index in [-0.39, 0.29) is 41.5 Å². The number of ether oxygens (including phenoxy) is 2. The molecule has 1 aliphatic rings. The third-order valence-corrected chi connectivity index (χ3v) is 6.69. The van der Waals surface area contributed by atoms with Gasteiger partial charge < -0.3 is 36.1 Å². The predicted molar refractivity (Wildman–Crippen MR) is 142 cm³/mol. The SMILES string of the molecule is COc1cc(C(=O)NC[C@@](O)(c2cc3c(c(-c4ccc(F)cc4)n2)NC[C@@]3(C)N)C(F)(F)F)ccc1OC[C@@H](C)O. The average molecular weight is 579 g/mol. The van der Waals surface area contributed by atoms with Crippen molar-refractivity contribution in [3.05, 3.63) is 71.2 Å². The van der Waals surface area contributed by atoms with Crippen LogP contribution in [-0.2, 0) is 11.1 Å². The van der Waals surface area contributed by atoms with E-state index in [0.29, 0.717) is 11.3 Å². The molecule has 0 fully saturated rings. The summed E-state index contributed by atoms with van der Waals surface area (Å²) in [6.45, 7) is 1.98. The van der Waals surface area contributed by atoms with Gasteiger partial charge in [0.15, 0.2) is 11.5 Å². The van der Waals surface area contributed by atoms with E-state index >= 15 is 0 Å². The van der Waals surface area contributed by atoms with E-state index in [0.717, 1.165) is 18.2 Å². The minimum absolute atomic E-state index is 0.0400. The van der Waals surface area contributed by atoms with Crippen LogP contribution in [0, 0.1) is 5.82 Å². The highest BCUT2D eigenvalue weighted by molar-refractivity contribution is 5.95. The first-order chi connectivity index (χ1) is 19.2. The number of hydrogen-bond acceptors (Lipinski definition) is 8. The quantitative estimate of drug-likeness (QED) is 0.244. The zero-order chi connectivity index (χ0) is 30.2. The zero-order valence-electron chi connectivity index (χ0n) is 22.5. The minimum Gasteiger partial charge on any atom is -0.493 e. The molecule has 0 radical (unpaired) electrons. The van der Waals surface area contributed by atoms with Gasteiger partial charge in [0.05, 0.1) is 42.4 Å². The second-order valence-electron chi connectivity index (χ2n) is 10.1. The van der Waals surface area contributed by atoms with Crippen molar-refractivity contribution < 1.29 is 42.0 Å². The molecule has 220 valence electrons. The van der Waals surface area contributed by atoms with E-state index in [1.807, 2.05) is 0 Å². The Balaban J connectivity index is 1.70. The van der Waals surface area contributed by atoms with E-state index in [4.69, 9.17) is 15.2 Å². The van der Waals surface area contributed by atoms with Gasteiger partial charge in [0.25, 0.3) is 5.91 Å². The number of nitrogens with one attached hydrogen (secondary N) is 2. The van der Waals surface area contributed by atoms with Crippen LogP contribution in [0.15, 0.2) is 48.5 Å². The van der Waals surface area contributed by atoms with E-state index < -0.39 is 47.4 Å². The fourth-order valence-corrected chi connectivity index (χ4v) is 4.35. The van der Waals surface area contributed by atoms with Crippen LogP contribution < -0.4 is 25.8 Å². The molecule has 0 saturated heterocycles. The van der Waals surface area contributed by atoms with Crippen molar-refractivity contribution in [2.75, 3.05) is 32.1 Å². The molecule has 2 heterocycles. The van der Waals surface area contributed by atoms with Crippen molar-refractivity contribution in [3.8, 4) is 22.8 Å². The lowest BCUT2D eigenvalue weighted by Crippen LogP contribution is -2.51. The molecule has 0 spiro atoms. The normalized spacial score (nSPS) is 18.6. The van der Waals surface area contributed by atoms with Gasteiger partial charge in [-0.1, -0.05) is 0 Å². The van der Waals surface area contributed by atoms with Crippen molar-refractivity contribution in [1.82, 2.24) is 10.3 Å². The van der Waals surface area contributed by atoms with Crippen molar-refractivity contribution in [3.63, 3.8) is 0 Å². The van der Waals surface area contributed by atoms with E-state index in [9.17, 15) is 32.6 Å². The molecule has 4 rings (SSSR count). The van der Waals surface area contributed by atoms with Crippen molar-refractivity contribution in [2.24, 2.45) is 5.73 Å². The summed E-state index contributed by atoms with van der Waals surface area (Å²) in [5.74, 6) is -1.15. The average Bonchev–Trinajstić information content (AvgIpc) is 3.23. The summed E-state index contributed by atoms with van der Waals surface area (Å²) in [4.78, 5) is 17.0. The Morgan fingerprint density at radius 2 is 1.88 bits per heavy atom.